The second-order valence-electron chi connectivity index (χ2n) is 4.24. The highest BCUT2D eigenvalue weighted by Gasteiger charge is 2.04. The number of benzene rings is 1. The second kappa shape index (κ2) is 8.37. The van der Waals surface area contributed by atoms with Gasteiger partial charge < -0.3 is 20.5 Å². The molecular weight excluding hydrogens is 242 g/mol. The van der Waals surface area contributed by atoms with Crippen LogP contribution in [-0.2, 0) is 11.3 Å². The molecule has 0 amide bonds. The number of aliphatic imine (C=N–C) groups is 1. The molecular formula is C14H23N3O2. The van der Waals surface area contributed by atoms with Crippen LogP contribution in [0.2, 0.25) is 0 Å². The van der Waals surface area contributed by atoms with Crippen molar-refractivity contribution in [3.05, 3.63) is 29.8 Å². The minimum Gasteiger partial charge on any atom is -0.494 e. The van der Waals surface area contributed by atoms with E-state index in [4.69, 9.17) is 15.2 Å². The lowest BCUT2D eigenvalue weighted by atomic mass is 10.2. The molecule has 1 aromatic rings. The van der Waals surface area contributed by atoms with E-state index in [1.807, 2.05) is 38.1 Å². The number of rotatable bonds is 7. The standard InChI is InChI=1S/C14H23N3O2/c1-4-19-13-8-6-5-7-12(13)9-16-14(15)17-11(2)10-18-3/h5-8,11H,4,9-10H2,1-3H3,(H3,15,16,17). The van der Waals surface area contributed by atoms with E-state index < -0.39 is 0 Å². The predicted molar refractivity (Wildman–Crippen MR) is 77.4 cm³/mol. The molecule has 106 valence electrons. The molecule has 0 bridgehead atoms. The fourth-order valence-electron chi connectivity index (χ4n) is 1.69. The number of nitrogens with zero attached hydrogens (tertiary/aromatic N) is 1. The maximum Gasteiger partial charge on any atom is 0.189 e. The molecule has 0 radical (unpaired) electrons. The van der Waals surface area contributed by atoms with Gasteiger partial charge >= 0.3 is 0 Å². The van der Waals surface area contributed by atoms with Crippen molar-refractivity contribution >= 4 is 5.96 Å². The lowest BCUT2D eigenvalue weighted by Gasteiger charge is -2.13. The Morgan fingerprint density at radius 2 is 2.16 bits per heavy atom. The van der Waals surface area contributed by atoms with Crippen LogP contribution in [0.5, 0.6) is 5.75 Å². The summed E-state index contributed by atoms with van der Waals surface area (Å²) in [5.41, 5.74) is 6.84. The van der Waals surface area contributed by atoms with Gasteiger partial charge in [-0.15, -0.1) is 0 Å². The molecule has 1 unspecified atom stereocenters. The molecule has 0 aliphatic carbocycles. The summed E-state index contributed by atoms with van der Waals surface area (Å²) in [6, 6.07) is 7.97. The summed E-state index contributed by atoms with van der Waals surface area (Å²) in [5, 5.41) is 3.06. The van der Waals surface area contributed by atoms with Crippen molar-refractivity contribution in [3.8, 4) is 5.75 Å². The van der Waals surface area contributed by atoms with Gasteiger partial charge in [-0.25, -0.2) is 4.99 Å². The summed E-state index contributed by atoms with van der Waals surface area (Å²) in [7, 11) is 1.66. The zero-order valence-corrected chi connectivity index (χ0v) is 11.8. The first-order valence-corrected chi connectivity index (χ1v) is 6.43. The van der Waals surface area contributed by atoms with Crippen molar-refractivity contribution < 1.29 is 9.47 Å². The highest BCUT2D eigenvalue weighted by atomic mass is 16.5. The molecule has 0 aromatic heterocycles. The van der Waals surface area contributed by atoms with E-state index in [2.05, 4.69) is 10.3 Å². The Morgan fingerprint density at radius 1 is 1.42 bits per heavy atom. The van der Waals surface area contributed by atoms with E-state index in [-0.39, 0.29) is 6.04 Å². The monoisotopic (exact) mass is 265 g/mol. The van der Waals surface area contributed by atoms with Crippen LogP contribution in [-0.4, -0.2) is 32.3 Å². The molecule has 0 saturated heterocycles. The summed E-state index contributed by atoms with van der Waals surface area (Å²) in [4.78, 5) is 4.31. The normalized spacial score (nSPS) is 13.1. The van der Waals surface area contributed by atoms with Crippen LogP contribution in [0, 0.1) is 0 Å². The average molecular weight is 265 g/mol. The zero-order valence-electron chi connectivity index (χ0n) is 11.8. The minimum absolute atomic E-state index is 0.135. The third-order valence-corrected chi connectivity index (χ3v) is 2.50. The number of hydrogen-bond donors (Lipinski definition) is 2. The number of ether oxygens (including phenoxy) is 2. The molecule has 0 heterocycles. The Labute approximate surface area is 114 Å². The summed E-state index contributed by atoms with van der Waals surface area (Å²) < 4.78 is 10.6. The van der Waals surface area contributed by atoms with Crippen molar-refractivity contribution in [2.45, 2.75) is 26.4 Å². The average Bonchev–Trinajstić information content (AvgIpc) is 2.38. The Bertz CT molecular complexity index is 407. The lowest BCUT2D eigenvalue weighted by molar-refractivity contribution is 0.179. The number of methoxy groups -OCH3 is 1. The van der Waals surface area contributed by atoms with Crippen molar-refractivity contribution in [2.75, 3.05) is 20.3 Å². The van der Waals surface area contributed by atoms with E-state index >= 15 is 0 Å². The van der Waals surface area contributed by atoms with E-state index in [9.17, 15) is 0 Å². The van der Waals surface area contributed by atoms with Crippen molar-refractivity contribution in [1.29, 1.82) is 0 Å². The third kappa shape index (κ3) is 5.61. The van der Waals surface area contributed by atoms with Gasteiger partial charge in [0.2, 0.25) is 0 Å². The topological polar surface area (TPSA) is 68.9 Å². The molecule has 0 fully saturated rings. The predicted octanol–water partition coefficient (Wildman–Crippen LogP) is 1.52. The van der Waals surface area contributed by atoms with Crippen molar-refractivity contribution in [1.82, 2.24) is 5.32 Å². The molecule has 5 nitrogen and oxygen atoms in total. The maximum absolute atomic E-state index is 5.82. The van der Waals surface area contributed by atoms with Crippen LogP contribution in [0.3, 0.4) is 0 Å². The largest absolute Gasteiger partial charge is 0.494 e. The summed E-state index contributed by atoms with van der Waals surface area (Å²) >= 11 is 0. The molecule has 1 rings (SSSR count). The zero-order chi connectivity index (χ0) is 14.1. The fourth-order valence-corrected chi connectivity index (χ4v) is 1.69. The summed E-state index contributed by atoms with van der Waals surface area (Å²) in [6.45, 7) is 5.67. The van der Waals surface area contributed by atoms with Gasteiger partial charge in [-0.2, -0.15) is 0 Å². The van der Waals surface area contributed by atoms with E-state index in [0.29, 0.717) is 25.7 Å². The highest BCUT2D eigenvalue weighted by molar-refractivity contribution is 5.78. The minimum atomic E-state index is 0.135. The number of para-hydroxylation sites is 1. The molecule has 0 spiro atoms. The van der Waals surface area contributed by atoms with Crippen molar-refractivity contribution in [2.24, 2.45) is 10.7 Å². The van der Waals surface area contributed by atoms with E-state index in [1.165, 1.54) is 0 Å². The van der Waals surface area contributed by atoms with Gasteiger partial charge in [0.15, 0.2) is 5.96 Å². The van der Waals surface area contributed by atoms with Crippen LogP contribution < -0.4 is 15.8 Å². The number of guanidine groups is 1. The van der Waals surface area contributed by atoms with Crippen molar-refractivity contribution in [3.63, 3.8) is 0 Å². The van der Waals surface area contributed by atoms with E-state index in [1.54, 1.807) is 7.11 Å². The van der Waals surface area contributed by atoms with Crippen LogP contribution >= 0.6 is 0 Å². The maximum atomic E-state index is 5.82. The SMILES string of the molecule is CCOc1ccccc1CN=C(N)NC(C)COC. The van der Waals surface area contributed by atoms with Gasteiger partial charge in [-0.3, -0.25) is 0 Å². The van der Waals surface area contributed by atoms with Gasteiger partial charge in [0.25, 0.3) is 0 Å². The Morgan fingerprint density at radius 3 is 2.84 bits per heavy atom. The third-order valence-electron chi connectivity index (χ3n) is 2.50. The number of nitrogens with one attached hydrogen (secondary N) is 1. The molecule has 3 N–H and O–H groups in total. The van der Waals surface area contributed by atoms with E-state index in [0.717, 1.165) is 11.3 Å². The van der Waals surface area contributed by atoms with Gasteiger partial charge in [0.05, 0.1) is 19.8 Å². The quantitative estimate of drug-likeness (QED) is 0.579. The first-order valence-electron chi connectivity index (χ1n) is 6.43. The van der Waals surface area contributed by atoms with Crippen LogP contribution in [0.4, 0.5) is 0 Å². The molecule has 1 atom stereocenters. The molecule has 1 aromatic carbocycles. The Hall–Kier alpha value is -1.75. The lowest BCUT2D eigenvalue weighted by Crippen LogP contribution is -2.40. The second-order valence-corrected chi connectivity index (χ2v) is 4.24. The number of nitrogens with two attached hydrogens (primary N) is 1. The summed E-state index contributed by atoms with van der Waals surface area (Å²) in [5.74, 6) is 1.27. The van der Waals surface area contributed by atoms with Gasteiger partial charge in [0.1, 0.15) is 5.75 Å². The number of hydrogen-bond acceptors (Lipinski definition) is 3. The molecule has 0 aliphatic heterocycles. The summed E-state index contributed by atoms with van der Waals surface area (Å²) in [6.07, 6.45) is 0. The molecule has 0 aliphatic rings. The Kier molecular flexibility index (Phi) is 6.74. The fraction of sp³-hybridized carbons (Fsp3) is 0.500. The molecule has 19 heavy (non-hydrogen) atoms. The van der Waals surface area contributed by atoms with Crippen LogP contribution in [0.25, 0.3) is 0 Å². The smallest absolute Gasteiger partial charge is 0.189 e. The van der Waals surface area contributed by atoms with Gasteiger partial charge in [-0.05, 0) is 19.9 Å². The molecule has 5 heteroatoms. The van der Waals surface area contributed by atoms with Crippen LogP contribution in [0.1, 0.15) is 19.4 Å². The molecule has 0 saturated carbocycles. The van der Waals surface area contributed by atoms with Crippen LogP contribution in [0.15, 0.2) is 29.3 Å². The first-order chi connectivity index (χ1) is 9.17. The first kappa shape index (κ1) is 15.3. The highest BCUT2D eigenvalue weighted by Crippen LogP contribution is 2.18. The van der Waals surface area contributed by atoms with Gasteiger partial charge in [-0.1, -0.05) is 18.2 Å². The Balaban J connectivity index is 2.59. The van der Waals surface area contributed by atoms with Gasteiger partial charge in [0, 0.05) is 18.7 Å².